The van der Waals surface area contributed by atoms with Crippen molar-refractivity contribution in [1.82, 2.24) is 14.7 Å². The second kappa shape index (κ2) is 9.77. The number of hydrogen-bond donors (Lipinski definition) is 1. The number of aliphatic hydroxyl groups excluding tert-OH is 1. The molecule has 0 aromatic heterocycles. The van der Waals surface area contributed by atoms with Crippen molar-refractivity contribution in [2.24, 2.45) is 0 Å². The second-order valence-corrected chi connectivity index (χ2v) is 6.79. The highest BCUT2D eigenvalue weighted by atomic mass is 16.3. The van der Waals surface area contributed by atoms with E-state index in [0.717, 1.165) is 43.9 Å². The van der Waals surface area contributed by atoms with Crippen molar-refractivity contribution in [3.05, 3.63) is 35.4 Å². The third-order valence-electron chi connectivity index (χ3n) is 4.68. The largest absolute Gasteiger partial charge is 0.395 e. The first-order valence-corrected chi connectivity index (χ1v) is 8.96. The van der Waals surface area contributed by atoms with E-state index < -0.39 is 0 Å². The maximum atomic E-state index is 12.5. The zero-order valence-electron chi connectivity index (χ0n) is 15.1. The molecular weight excluding hydrogens is 302 g/mol. The van der Waals surface area contributed by atoms with E-state index in [1.165, 1.54) is 19.3 Å². The lowest BCUT2D eigenvalue weighted by Gasteiger charge is -2.28. The van der Waals surface area contributed by atoms with E-state index in [1.807, 2.05) is 43.3 Å². The van der Waals surface area contributed by atoms with Crippen molar-refractivity contribution in [2.45, 2.75) is 25.8 Å². The lowest BCUT2D eigenvalue weighted by Crippen LogP contribution is -2.38. The van der Waals surface area contributed by atoms with Crippen molar-refractivity contribution in [3.63, 3.8) is 0 Å². The summed E-state index contributed by atoms with van der Waals surface area (Å²) in [5, 5.41) is 8.94. The summed E-state index contributed by atoms with van der Waals surface area (Å²) in [5.74, 6) is 0.0854. The Bertz CT molecular complexity index is 498. The molecule has 24 heavy (non-hydrogen) atoms. The molecule has 1 aromatic carbocycles. The van der Waals surface area contributed by atoms with Gasteiger partial charge in [0.1, 0.15) is 0 Å². The van der Waals surface area contributed by atoms with Crippen LogP contribution in [-0.2, 0) is 6.54 Å². The van der Waals surface area contributed by atoms with Crippen LogP contribution in [0.4, 0.5) is 0 Å². The second-order valence-electron chi connectivity index (χ2n) is 6.79. The fourth-order valence-electron chi connectivity index (χ4n) is 3.11. The van der Waals surface area contributed by atoms with Gasteiger partial charge in [0.25, 0.3) is 5.91 Å². The van der Waals surface area contributed by atoms with Crippen molar-refractivity contribution in [2.75, 3.05) is 53.4 Å². The van der Waals surface area contributed by atoms with E-state index in [9.17, 15) is 4.79 Å². The van der Waals surface area contributed by atoms with Gasteiger partial charge >= 0.3 is 0 Å². The molecule has 1 aliphatic rings. The molecule has 0 radical (unpaired) electrons. The van der Waals surface area contributed by atoms with Crippen LogP contribution in [0.5, 0.6) is 0 Å². The Morgan fingerprint density at radius 2 is 1.75 bits per heavy atom. The summed E-state index contributed by atoms with van der Waals surface area (Å²) in [7, 11) is 3.86. The minimum Gasteiger partial charge on any atom is -0.395 e. The summed E-state index contributed by atoms with van der Waals surface area (Å²) in [4.78, 5) is 18.8. The molecule has 2 rings (SSSR count). The van der Waals surface area contributed by atoms with Crippen LogP contribution in [0.3, 0.4) is 0 Å². The van der Waals surface area contributed by atoms with Crippen LogP contribution in [0.2, 0.25) is 0 Å². The fraction of sp³-hybridized carbons (Fsp3) is 0.632. The fourth-order valence-corrected chi connectivity index (χ4v) is 3.11. The highest BCUT2D eigenvalue weighted by Gasteiger charge is 2.15. The average Bonchev–Trinajstić information content (AvgIpc) is 2.61. The number of amides is 1. The number of carbonyl (C=O) groups excluding carboxylic acids is 1. The Balaban J connectivity index is 1.82. The highest BCUT2D eigenvalue weighted by molar-refractivity contribution is 5.94. The molecule has 0 atom stereocenters. The molecule has 5 heteroatoms. The zero-order chi connectivity index (χ0) is 17.4. The van der Waals surface area contributed by atoms with Crippen LogP contribution in [-0.4, -0.2) is 79.1 Å². The van der Waals surface area contributed by atoms with Gasteiger partial charge < -0.3 is 14.9 Å². The number of likely N-dealkylation sites (tertiary alicyclic amines) is 1. The minimum absolute atomic E-state index is 0.0854. The number of carbonyl (C=O) groups is 1. The molecule has 0 unspecified atom stereocenters. The average molecular weight is 333 g/mol. The van der Waals surface area contributed by atoms with Crippen LogP contribution in [0.15, 0.2) is 24.3 Å². The monoisotopic (exact) mass is 333 g/mol. The van der Waals surface area contributed by atoms with Crippen molar-refractivity contribution in [1.29, 1.82) is 0 Å². The minimum atomic E-state index is 0.0854. The summed E-state index contributed by atoms with van der Waals surface area (Å²) in [6, 6.07) is 7.81. The van der Waals surface area contributed by atoms with Crippen LogP contribution < -0.4 is 0 Å². The van der Waals surface area contributed by atoms with Gasteiger partial charge in [0.2, 0.25) is 0 Å². The van der Waals surface area contributed by atoms with Crippen molar-refractivity contribution in [3.8, 4) is 0 Å². The van der Waals surface area contributed by atoms with E-state index in [2.05, 4.69) is 9.80 Å². The van der Waals surface area contributed by atoms with E-state index in [1.54, 1.807) is 0 Å². The van der Waals surface area contributed by atoms with Gasteiger partial charge in [0, 0.05) is 38.8 Å². The molecule has 1 saturated heterocycles. The molecule has 1 heterocycles. The maximum Gasteiger partial charge on any atom is 0.253 e. The lowest BCUT2D eigenvalue weighted by molar-refractivity contribution is 0.0773. The third kappa shape index (κ3) is 5.89. The quantitative estimate of drug-likeness (QED) is 0.786. The number of hydrogen-bond acceptors (Lipinski definition) is 4. The van der Waals surface area contributed by atoms with E-state index in [4.69, 9.17) is 5.11 Å². The van der Waals surface area contributed by atoms with Gasteiger partial charge in [0.05, 0.1) is 6.61 Å². The number of likely N-dealkylation sites (N-methyl/N-ethyl adjacent to an activating group) is 2. The first-order valence-electron chi connectivity index (χ1n) is 8.96. The van der Waals surface area contributed by atoms with Crippen molar-refractivity contribution >= 4 is 5.91 Å². The van der Waals surface area contributed by atoms with E-state index in [0.29, 0.717) is 6.54 Å². The van der Waals surface area contributed by atoms with Gasteiger partial charge in [-0.1, -0.05) is 18.6 Å². The Labute approximate surface area is 145 Å². The van der Waals surface area contributed by atoms with Crippen molar-refractivity contribution < 1.29 is 9.90 Å². The smallest absolute Gasteiger partial charge is 0.253 e. The Morgan fingerprint density at radius 1 is 1.08 bits per heavy atom. The molecule has 0 aliphatic carbocycles. The predicted octanol–water partition coefficient (Wildman–Crippen LogP) is 1.67. The summed E-state index contributed by atoms with van der Waals surface area (Å²) < 4.78 is 0. The van der Waals surface area contributed by atoms with Crippen LogP contribution in [0.1, 0.15) is 35.2 Å². The lowest BCUT2D eigenvalue weighted by atomic mass is 10.1. The van der Waals surface area contributed by atoms with Gasteiger partial charge in [-0.25, -0.2) is 0 Å². The zero-order valence-corrected chi connectivity index (χ0v) is 15.1. The molecule has 1 amide bonds. The summed E-state index contributed by atoms with van der Waals surface area (Å²) in [5.41, 5.74) is 1.89. The molecule has 0 bridgehead atoms. The summed E-state index contributed by atoms with van der Waals surface area (Å²) in [6.07, 6.45) is 3.90. The van der Waals surface area contributed by atoms with E-state index >= 15 is 0 Å². The molecule has 1 N–H and O–H groups in total. The molecule has 0 spiro atoms. The molecular formula is C19H31N3O2. The van der Waals surface area contributed by atoms with E-state index in [-0.39, 0.29) is 12.5 Å². The Morgan fingerprint density at radius 3 is 2.38 bits per heavy atom. The van der Waals surface area contributed by atoms with Crippen LogP contribution in [0.25, 0.3) is 0 Å². The van der Waals surface area contributed by atoms with Crippen LogP contribution in [0, 0.1) is 0 Å². The number of piperidine rings is 1. The van der Waals surface area contributed by atoms with Gasteiger partial charge in [-0.3, -0.25) is 9.69 Å². The SMILES string of the molecule is CN(CCO)Cc1ccc(C(=O)N(C)CCN2CCCCC2)cc1. The number of rotatable bonds is 8. The predicted molar refractivity (Wildman–Crippen MR) is 97.1 cm³/mol. The summed E-state index contributed by atoms with van der Waals surface area (Å²) in [6.45, 7) is 5.66. The topological polar surface area (TPSA) is 47.0 Å². The third-order valence-corrected chi connectivity index (χ3v) is 4.68. The van der Waals surface area contributed by atoms with Gasteiger partial charge in [0.15, 0.2) is 0 Å². The molecule has 1 aliphatic heterocycles. The molecule has 0 saturated carbocycles. The van der Waals surface area contributed by atoms with Gasteiger partial charge in [-0.15, -0.1) is 0 Å². The first-order chi connectivity index (χ1) is 11.6. The highest BCUT2D eigenvalue weighted by Crippen LogP contribution is 2.11. The standard InChI is InChI=1S/C19H31N3O2/c1-20(14-15-23)16-17-6-8-18(9-7-17)19(24)21(2)12-13-22-10-4-3-5-11-22/h6-9,23H,3-5,10-16H2,1-2H3. The first kappa shape index (κ1) is 18.9. The molecule has 134 valence electrons. The number of benzene rings is 1. The van der Waals surface area contributed by atoms with Gasteiger partial charge in [-0.05, 0) is 50.7 Å². The maximum absolute atomic E-state index is 12.5. The molecule has 1 fully saturated rings. The molecule has 1 aromatic rings. The normalized spacial score (nSPS) is 15.7. The van der Waals surface area contributed by atoms with Crippen LogP contribution >= 0.6 is 0 Å². The number of aliphatic hydroxyl groups is 1. The Hall–Kier alpha value is -1.43. The van der Waals surface area contributed by atoms with Gasteiger partial charge in [-0.2, -0.15) is 0 Å². The Kier molecular flexibility index (Phi) is 7.69. The number of nitrogens with zero attached hydrogens (tertiary/aromatic N) is 3. The molecule has 5 nitrogen and oxygen atoms in total. The summed E-state index contributed by atoms with van der Waals surface area (Å²) >= 11 is 0.